The summed E-state index contributed by atoms with van der Waals surface area (Å²) in [6, 6.07) is 0. The van der Waals surface area contributed by atoms with Crippen molar-refractivity contribution < 1.29 is 19.0 Å². The molecule has 1 spiro atoms. The highest BCUT2D eigenvalue weighted by atomic mass is 79.9. The van der Waals surface area contributed by atoms with Gasteiger partial charge < -0.3 is 14.2 Å². The maximum atomic E-state index is 12.1. The van der Waals surface area contributed by atoms with E-state index < -0.39 is 11.2 Å². The molecule has 0 N–H and O–H groups in total. The molecule has 0 unspecified atom stereocenters. The molecule has 0 bridgehead atoms. The SMILES string of the molecule is COC(=O)[C@@]1(C)C(CBr)=CC2(C[C@@H]1C)OCCO2. The molecule has 2 aliphatic rings. The molecule has 2 atom stereocenters. The van der Waals surface area contributed by atoms with E-state index in [1.165, 1.54) is 7.11 Å². The summed E-state index contributed by atoms with van der Waals surface area (Å²) in [5.74, 6) is -0.745. The second-order valence-corrected chi connectivity index (χ2v) is 5.67. The first-order chi connectivity index (χ1) is 8.48. The van der Waals surface area contributed by atoms with Crippen LogP contribution >= 0.6 is 15.9 Å². The summed E-state index contributed by atoms with van der Waals surface area (Å²) in [7, 11) is 1.43. The third kappa shape index (κ3) is 2.02. The number of methoxy groups -OCH3 is 1. The van der Waals surface area contributed by atoms with Crippen LogP contribution in [0.15, 0.2) is 11.6 Å². The van der Waals surface area contributed by atoms with Crippen LogP contribution in [0.1, 0.15) is 20.3 Å². The van der Waals surface area contributed by atoms with Crippen molar-refractivity contribution >= 4 is 21.9 Å². The van der Waals surface area contributed by atoms with Gasteiger partial charge in [0.1, 0.15) is 0 Å². The molecule has 1 heterocycles. The summed E-state index contributed by atoms with van der Waals surface area (Å²) in [6.45, 7) is 5.18. The van der Waals surface area contributed by atoms with E-state index in [-0.39, 0.29) is 11.9 Å². The van der Waals surface area contributed by atoms with Crippen LogP contribution in [0.5, 0.6) is 0 Å². The minimum absolute atomic E-state index is 0.0978. The molecule has 5 heteroatoms. The lowest BCUT2D eigenvalue weighted by atomic mass is 9.66. The summed E-state index contributed by atoms with van der Waals surface area (Å²) < 4.78 is 16.4. The smallest absolute Gasteiger partial charge is 0.315 e. The fraction of sp³-hybridized carbons (Fsp3) is 0.769. The van der Waals surface area contributed by atoms with Crippen molar-refractivity contribution in [3.05, 3.63) is 11.6 Å². The first kappa shape index (κ1) is 14.0. The number of ether oxygens (including phenoxy) is 3. The standard InChI is InChI=1S/C13H19BrO4/c1-9-6-13(17-4-5-18-13)7-10(8-14)12(9,2)11(15)16-3/h7,9H,4-6,8H2,1-3H3/t9-,12+/m0/s1. The Morgan fingerprint density at radius 1 is 1.56 bits per heavy atom. The minimum Gasteiger partial charge on any atom is -0.468 e. The van der Waals surface area contributed by atoms with Crippen LogP contribution in [0.3, 0.4) is 0 Å². The summed E-state index contributed by atoms with van der Waals surface area (Å²) >= 11 is 3.45. The largest absolute Gasteiger partial charge is 0.468 e. The Labute approximate surface area is 116 Å². The average Bonchev–Trinajstić information content (AvgIpc) is 2.81. The van der Waals surface area contributed by atoms with E-state index in [9.17, 15) is 4.79 Å². The molecule has 0 aromatic carbocycles. The number of halogens is 1. The first-order valence-corrected chi connectivity index (χ1v) is 7.25. The third-order valence-corrected chi connectivity index (χ3v) is 4.77. The van der Waals surface area contributed by atoms with Crippen molar-refractivity contribution in [1.82, 2.24) is 0 Å². The van der Waals surface area contributed by atoms with Crippen molar-refractivity contribution in [3.63, 3.8) is 0 Å². The molecule has 1 aliphatic carbocycles. The zero-order chi connectivity index (χ0) is 13.4. The van der Waals surface area contributed by atoms with Crippen LogP contribution in [0.2, 0.25) is 0 Å². The van der Waals surface area contributed by atoms with Crippen molar-refractivity contribution in [2.75, 3.05) is 25.7 Å². The van der Waals surface area contributed by atoms with Gasteiger partial charge in [0.2, 0.25) is 0 Å². The number of alkyl halides is 1. The molecule has 4 nitrogen and oxygen atoms in total. The van der Waals surface area contributed by atoms with Crippen LogP contribution < -0.4 is 0 Å². The predicted octanol–water partition coefficient (Wildman–Crippen LogP) is 2.27. The Kier molecular flexibility index (Phi) is 3.85. The van der Waals surface area contributed by atoms with Crippen LogP contribution in [-0.2, 0) is 19.0 Å². The molecule has 2 rings (SSSR count). The maximum Gasteiger partial charge on any atom is 0.315 e. The first-order valence-electron chi connectivity index (χ1n) is 6.13. The molecule has 102 valence electrons. The zero-order valence-corrected chi connectivity index (χ0v) is 12.6. The zero-order valence-electron chi connectivity index (χ0n) is 11.0. The van der Waals surface area contributed by atoms with E-state index >= 15 is 0 Å². The van der Waals surface area contributed by atoms with E-state index in [1.54, 1.807) is 0 Å². The molecule has 0 aromatic heterocycles. The second kappa shape index (κ2) is 4.94. The highest BCUT2D eigenvalue weighted by Gasteiger charge is 2.52. The van der Waals surface area contributed by atoms with Crippen LogP contribution in [0.4, 0.5) is 0 Å². The fourth-order valence-electron chi connectivity index (χ4n) is 2.82. The van der Waals surface area contributed by atoms with Gasteiger partial charge in [-0.1, -0.05) is 22.9 Å². The highest BCUT2D eigenvalue weighted by Crippen LogP contribution is 2.48. The number of hydrogen-bond acceptors (Lipinski definition) is 4. The maximum absolute atomic E-state index is 12.1. The number of rotatable bonds is 2. The Morgan fingerprint density at radius 2 is 2.17 bits per heavy atom. The molecule has 0 aromatic rings. The molecule has 18 heavy (non-hydrogen) atoms. The predicted molar refractivity (Wildman–Crippen MR) is 70.4 cm³/mol. The van der Waals surface area contributed by atoms with Gasteiger partial charge in [-0.2, -0.15) is 0 Å². The molecule has 1 saturated heterocycles. The Morgan fingerprint density at radius 3 is 2.67 bits per heavy atom. The van der Waals surface area contributed by atoms with Crippen LogP contribution in [0.25, 0.3) is 0 Å². The number of carbonyl (C=O) groups excluding carboxylic acids is 1. The van der Waals surface area contributed by atoms with Gasteiger partial charge >= 0.3 is 5.97 Å². The fourth-order valence-corrected chi connectivity index (χ4v) is 3.56. The quantitative estimate of drug-likeness (QED) is 0.445. The van der Waals surface area contributed by atoms with Gasteiger partial charge in [0, 0.05) is 11.8 Å². The molecule has 0 saturated carbocycles. The molecule has 1 fully saturated rings. The third-order valence-electron chi connectivity index (χ3n) is 4.17. The summed E-state index contributed by atoms with van der Waals surface area (Å²) in [5.41, 5.74) is 0.355. The summed E-state index contributed by atoms with van der Waals surface area (Å²) in [5, 5.41) is 0.609. The van der Waals surface area contributed by atoms with Gasteiger partial charge in [-0.25, -0.2) is 0 Å². The Bertz CT molecular complexity index is 373. The van der Waals surface area contributed by atoms with Crippen molar-refractivity contribution in [2.45, 2.75) is 26.1 Å². The number of hydrogen-bond donors (Lipinski definition) is 0. The average molecular weight is 319 g/mol. The monoisotopic (exact) mass is 318 g/mol. The van der Waals surface area contributed by atoms with Crippen molar-refractivity contribution in [2.24, 2.45) is 11.3 Å². The van der Waals surface area contributed by atoms with Crippen LogP contribution in [-0.4, -0.2) is 37.4 Å². The van der Waals surface area contributed by atoms with E-state index in [0.29, 0.717) is 25.0 Å². The van der Waals surface area contributed by atoms with Crippen molar-refractivity contribution in [1.29, 1.82) is 0 Å². The van der Waals surface area contributed by atoms with E-state index in [0.717, 1.165) is 5.57 Å². The van der Waals surface area contributed by atoms with Gasteiger partial charge in [0.05, 0.1) is 25.7 Å². The normalized spacial score (nSPS) is 34.4. The molecule has 1 aliphatic heterocycles. The lowest BCUT2D eigenvalue weighted by Crippen LogP contribution is -2.47. The van der Waals surface area contributed by atoms with E-state index in [4.69, 9.17) is 14.2 Å². The Hall–Kier alpha value is -0.390. The minimum atomic E-state index is -0.643. The second-order valence-electron chi connectivity index (χ2n) is 5.11. The van der Waals surface area contributed by atoms with Crippen molar-refractivity contribution in [3.8, 4) is 0 Å². The summed E-state index contributed by atoms with van der Waals surface area (Å²) in [6.07, 6.45) is 2.63. The number of esters is 1. The number of carbonyl (C=O) groups is 1. The molecule has 0 amide bonds. The summed E-state index contributed by atoms with van der Waals surface area (Å²) in [4.78, 5) is 12.1. The van der Waals surface area contributed by atoms with Gasteiger partial charge in [0.25, 0.3) is 0 Å². The molecular weight excluding hydrogens is 300 g/mol. The van der Waals surface area contributed by atoms with Gasteiger partial charge in [-0.3, -0.25) is 4.79 Å². The highest BCUT2D eigenvalue weighted by molar-refractivity contribution is 9.09. The lowest BCUT2D eigenvalue weighted by molar-refractivity contribution is -0.165. The topological polar surface area (TPSA) is 44.8 Å². The lowest BCUT2D eigenvalue weighted by Gasteiger charge is -2.43. The molecular formula is C13H19BrO4. The van der Waals surface area contributed by atoms with Gasteiger partial charge in [-0.05, 0) is 24.5 Å². The van der Waals surface area contributed by atoms with Crippen LogP contribution in [0, 0.1) is 11.3 Å². The van der Waals surface area contributed by atoms with Gasteiger partial charge in [-0.15, -0.1) is 0 Å². The van der Waals surface area contributed by atoms with E-state index in [1.807, 2.05) is 19.9 Å². The molecule has 0 radical (unpaired) electrons. The van der Waals surface area contributed by atoms with E-state index in [2.05, 4.69) is 15.9 Å². The Balaban J connectivity index is 2.41. The van der Waals surface area contributed by atoms with Gasteiger partial charge in [0.15, 0.2) is 5.79 Å².